The second-order valence-corrected chi connectivity index (χ2v) is 13.4. The third-order valence-corrected chi connectivity index (χ3v) is 8.62. The van der Waals surface area contributed by atoms with E-state index < -0.39 is 55.4 Å². The van der Waals surface area contributed by atoms with Crippen LogP contribution in [0.15, 0.2) is 72.9 Å². The van der Waals surface area contributed by atoms with Crippen molar-refractivity contribution in [3.8, 4) is 0 Å². The van der Waals surface area contributed by atoms with Crippen molar-refractivity contribution in [2.45, 2.75) is 166 Å². The molecule has 4 N–H and O–H groups in total. The van der Waals surface area contributed by atoms with Crippen LogP contribution in [-0.4, -0.2) is 89.0 Å². The molecule has 1 aliphatic rings. The monoisotopic (exact) mass is 746 g/mol. The molecule has 1 saturated heterocycles. The van der Waals surface area contributed by atoms with E-state index in [2.05, 4.69) is 74.6 Å². The summed E-state index contributed by atoms with van der Waals surface area (Å²) >= 11 is 0. The maximum atomic E-state index is 12.7. The van der Waals surface area contributed by atoms with E-state index in [1.54, 1.807) is 0 Å². The van der Waals surface area contributed by atoms with Crippen LogP contribution in [0.3, 0.4) is 0 Å². The van der Waals surface area contributed by atoms with E-state index in [-0.39, 0.29) is 26.1 Å². The topological polar surface area (TPSA) is 152 Å². The molecule has 0 aromatic heterocycles. The molecule has 0 saturated carbocycles. The number of aliphatic hydroxyl groups excluding tert-OH is 4. The number of hydrogen-bond donors (Lipinski definition) is 4. The maximum absolute atomic E-state index is 12.7. The number of ether oxygens (including phenoxy) is 4. The largest absolute Gasteiger partial charge is 0.462 e. The number of unbranched alkanes of at least 4 members (excludes halogenated alkanes) is 8. The van der Waals surface area contributed by atoms with Gasteiger partial charge in [0.15, 0.2) is 12.4 Å². The minimum atomic E-state index is -1.61. The average Bonchev–Trinajstić information content (AvgIpc) is 3.15. The molecule has 10 heteroatoms. The van der Waals surface area contributed by atoms with Crippen molar-refractivity contribution < 1.29 is 49.0 Å². The zero-order valence-electron chi connectivity index (χ0n) is 32.5. The third-order valence-electron chi connectivity index (χ3n) is 8.62. The predicted molar refractivity (Wildman–Crippen MR) is 210 cm³/mol. The Balaban J connectivity index is 2.44. The lowest BCUT2D eigenvalue weighted by molar-refractivity contribution is -0.305. The Morgan fingerprint density at radius 3 is 1.64 bits per heavy atom. The number of carbonyl (C=O) groups is 2. The minimum absolute atomic E-state index is 0.102. The highest BCUT2D eigenvalue weighted by atomic mass is 16.7. The van der Waals surface area contributed by atoms with Crippen molar-refractivity contribution in [1.29, 1.82) is 0 Å². The first-order chi connectivity index (χ1) is 25.8. The third kappa shape index (κ3) is 25.7. The van der Waals surface area contributed by atoms with Gasteiger partial charge in [-0.15, -0.1) is 0 Å². The molecule has 0 spiro atoms. The molecule has 0 aliphatic carbocycles. The van der Waals surface area contributed by atoms with Crippen LogP contribution in [0.25, 0.3) is 0 Å². The Bertz CT molecular complexity index is 1090. The summed E-state index contributed by atoms with van der Waals surface area (Å²) < 4.78 is 21.9. The Morgan fingerprint density at radius 1 is 0.604 bits per heavy atom. The van der Waals surface area contributed by atoms with Crippen molar-refractivity contribution in [2.24, 2.45) is 0 Å². The van der Waals surface area contributed by atoms with Gasteiger partial charge in [-0.1, -0.05) is 138 Å². The van der Waals surface area contributed by atoms with Gasteiger partial charge in [0.25, 0.3) is 0 Å². The molecule has 0 aromatic carbocycles. The number of carbonyl (C=O) groups excluding carboxylic acids is 2. The van der Waals surface area contributed by atoms with Crippen LogP contribution in [0.2, 0.25) is 0 Å². The summed E-state index contributed by atoms with van der Waals surface area (Å²) in [5.74, 6) is -0.915. The molecule has 6 atom stereocenters. The summed E-state index contributed by atoms with van der Waals surface area (Å²) in [4.78, 5) is 25.1. The van der Waals surface area contributed by atoms with Gasteiger partial charge in [0.05, 0.1) is 13.2 Å². The highest BCUT2D eigenvalue weighted by Crippen LogP contribution is 2.22. The summed E-state index contributed by atoms with van der Waals surface area (Å²) in [7, 11) is 0. The Morgan fingerprint density at radius 2 is 1.11 bits per heavy atom. The Kier molecular flexibility index (Phi) is 30.6. The normalized spacial score (nSPS) is 21.7. The molecule has 1 fully saturated rings. The van der Waals surface area contributed by atoms with E-state index in [0.29, 0.717) is 12.8 Å². The smallest absolute Gasteiger partial charge is 0.306 e. The maximum Gasteiger partial charge on any atom is 0.306 e. The van der Waals surface area contributed by atoms with Crippen LogP contribution in [0.4, 0.5) is 0 Å². The van der Waals surface area contributed by atoms with Gasteiger partial charge in [0.2, 0.25) is 0 Å². The first kappa shape index (κ1) is 48.2. The fourth-order valence-electron chi connectivity index (χ4n) is 5.45. The molecule has 1 rings (SSSR count). The van der Waals surface area contributed by atoms with Crippen LogP contribution in [-0.2, 0) is 28.5 Å². The van der Waals surface area contributed by atoms with E-state index >= 15 is 0 Å². The lowest BCUT2D eigenvalue weighted by Crippen LogP contribution is -2.59. The van der Waals surface area contributed by atoms with E-state index in [9.17, 15) is 30.0 Å². The van der Waals surface area contributed by atoms with Gasteiger partial charge < -0.3 is 39.4 Å². The lowest BCUT2D eigenvalue weighted by Gasteiger charge is -2.39. The first-order valence-corrected chi connectivity index (χ1v) is 20.0. The Labute approximate surface area is 319 Å². The molecule has 0 amide bonds. The van der Waals surface area contributed by atoms with E-state index in [1.807, 2.05) is 12.2 Å². The molecule has 0 bridgehead atoms. The van der Waals surface area contributed by atoms with Crippen LogP contribution < -0.4 is 0 Å². The second kappa shape index (κ2) is 33.7. The summed E-state index contributed by atoms with van der Waals surface area (Å²) in [6.45, 7) is 3.18. The SMILES string of the molecule is CC/C=C\C/C=C\C/C=C\C/C=C\C/C=C\C/C=C\CCC(=O)OC(COC(=O)CCCCCCCCCCC)COC1OC(CO)C(O)C(O)C1O. The first-order valence-electron chi connectivity index (χ1n) is 20.0. The number of allylic oxidation sites excluding steroid dienone is 12. The summed E-state index contributed by atoms with van der Waals surface area (Å²) in [5.41, 5.74) is 0. The van der Waals surface area contributed by atoms with Gasteiger partial charge in [-0.3, -0.25) is 9.59 Å². The van der Waals surface area contributed by atoms with Crippen molar-refractivity contribution in [2.75, 3.05) is 19.8 Å². The minimum Gasteiger partial charge on any atom is -0.462 e. The van der Waals surface area contributed by atoms with Gasteiger partial charge in [-0.05, 0) is 51.4 Å². The quantitative estimate of drug-likeness (QED) is 0.0316. The summed E-state index contributed by atoms with van der Waals surface area (Å²) in [5, 5.41) is 39.9. The molecule has 1 heterocycles. The summed E-state index contributed by atoms with van der Waals surface area (Å²) in [6, 6.07) is 0. The van der Waals surface area contributed by atoms with Gasteiger partial charge in [0, 0.05) is 12.8 Å². The number of esters is 2. The highest BCUT2D eigenvalue weighted by molar-refractivity contribution is 5.70. The van der Waals surface area contributed by atoms with Crippen LogP contribution in [0.1, 0.15) is 129 Å². The molecule has 10 nitrogen and oxygen atoms in total. The molecule has 1 aliphatic heterocycles. The molecule has 6 unspecified atom stereocenters. The Hall–Kier alpha value is -2.86. The zero-order valence-corrected chi connectivity index (χ0v) is 32.5. The van der Waals surface area contributed by atoms with Crippen molar-refractivity contribution >= 4 is 11.9 Å². The molecule has 0 radical (unpaired) electrons. The summed E-state index contributed by atoms with van der Waals surface area (Å²) in [6.07, 6.45) is 33.6. The van der Waals surface area contributed by atoms with E-state index in [1.165, 1.54) is 32.1 Å². The predicted octanol–water partition coefficient (Wildman–Crippen LogP) is 7.66. The second-order valence-electron chi connectivity index (χ2n) is 13.4. The number of aliphatic hydroxyl groups is 4. The van der Waals surface area contributed by atoms with Crippen molar-refractivity contribution in [1.82, 2.24) is 0 Å². The molecule has 302 valence electrons. The number of hydrogen-bond acceptors (Lipinski definition) is 10. The van der Waals surface area contributed by atoms with E-state index in [4.69, 9.17) is 18.9 Å². The fourth-order valence-corrected chi connectivity index (χ4v) is 5.45. The standard InChI is InChI=1S/C43H70O10/c1-3-5-7-9-11-13-14-15-16-17-18-19-20-21-22-24-26-28-30-32-39(46)52-36(35-51-43-42(49)41(48)40(47)37(33-44)53-43)34-50-38(45)31-29-27-25-23-12-10-8-6-4-2/h5,7,11,13,15-16,18-19,21-22,26,28,36-37,40-44,47-49H,3-4,6,8-10,12,14,17,20,23-25,27,29-35H2,1-2H3/b7-5-,13-11-,16-15-,19-18-,22-21-,28-26-. The van der Waals surface area contributed by atoms with Crippen molar-refractivity contribution in [3.05, 3.63) is 72.9 Å². The van der Waals surface area contributed by atoms with Crippen LogP contribution >= 0.6 is 0 Å². The zero-order chi connectivity index (χ0) is 38.8. The van der Waals surface area contributed by atoms with Gasteiger partial charge in [-0.2, -0.15) is 0 Å². The molecule has 53 heavy (non-hydrogen) atoms. The van der Waals surface area contributed by atoms with E-state index in [0.717, 1.165) is 57.8 Å². The van der Waals surface area contributed by atoms with Gasteiger partial charge in [0.1, 0.15) is 31.0 Å². The average molecular weight is 747 g/mol. The van der Waals surface area contributed by atoms with Crippen molar-refractivity contribution in [3.63, 3.8) is 0 Å². The van der Waals surface area contributed by atoms with Crippen LogP contribution in [0.5, 0.6) is 0 Å². The van der Waals surface area contributed by atoms with Gasteiger partial charge in [-0.25, -0.2) is 0 Å². The lowest BCUT2D eigenvalue weighted by atomic mass is 9.99. The van der Waals surface area contributed by atoms with Crippen LogP contribution in [0, 0.1) is 0 Å². The fraction of sp³-hybridized carbons (Fsp3) is 0.674. The number of rotatable bonds is 31. The molecule has 0 aromatic rings. The highest BCUT2D eigenvalue weighted by Gasteiger charge is 2.44. The molecular formula is C43H70O10. The molecular weight excluding hydrogens is 676 g/mol. The van der Waals surface area contributed by atoms with Gasteiger partial charge >= 0.3 is 11.9 Å².